The molecule has 1 aliphatic rings. The average molecular weight is 1130 g/mol. The van der Waals surface area contributed by atoms with E-state index in [1.165, 1.54) is 58.2 Å². The second-order valence-corrected chi connectivity index (χ2v) is 18.4. The molecule has 420 valence electrons. The highest BCUT2D eigenvalue weighted by atomic mass is 32.1. The molecule has 5 aromatic rings. The fraction of sp³-hybridized carbons (Fsp3) is 0.180. The number of carbonyl (C=O) groups excluding carboxylic acids is 10. The maximum atomic E-state index is 13.8. The van der Waals surface area contributed by atoms with Crippen molar-refractivity contribution in [2.24, 2.45) is 5.73 Å². The van der Waals surface area contributed by atoms with Crippen LogP contribution in [0.15, 0.2) is 112 Å². The van der Waals surface area contributed by atoms with Crippen LogP contribution in [-0.2, 0) is 28.8 Å². The number of carbonyl (C=O) groups is 10. The molecule has 8 bridgehead atoms. The first kappa shape index (κ1) is 59.5. The number of aliphatic hydroxyl groups is 2. The van der Waals surface area contributed by atoms with Gasteiger partial charge in [0.2, 0.25) is 29.5 Å². The van der Waals surface area contributed by atoms with E-state index >= 15 is 0 Å². The van der Waals surface area contributed by atoms with Crippen LogP contribution in [0.25, 0.3) is 39.1 Å². The number of fused-ring (bicyclic) bond motifs is 11. The van der Waals surface area contributed by atoms with Crippen LogP contribution < -0.4 is 53.6 Å². The Hall–Kier alpha value is -10.8. The Bertz CT molecular complexity index is 3610. The zero-order chi connectivity index (χ0) is 59.9. The maximum Gasteiger partial charge on any atom is 0.278 e. The smallest absolute Gasteiger partial charge is 0.278 e. The van der Waals surface area contributed by atoms with Gasteiger partial charge >= 0.3 is 0 Å². The number of primary amides is 1. The van der Waals surface area contributed by atoms with E-state index in [9.17, 15) is 58.2 Å². The summed E-state index contributed by atoms with van der Waals surface area (Å²) in [5, 5.41) is 43.5. The van der Waals surface area contributed by atoms with Crippen LogP contribution in [0, 0.1) is 6.92 Å². The molecule has 0 aliphatic carbocycles. The van der Waals surface area contributed by atoms with Crippen molar-refractivity contribution in [2.45, 2.75) is 58.4 Å². The van der Waals surface area contributed by atoms with Crippen molar-refractivity contribution in [3.05, 3.63) is 145 Å². The molecule has 81 heavy (non-hydrogen) atoms. The molecule has 1 unspecified atom stereocenters. The third-order valence-corrected chi connectivity index (χ3v) is 11.8. The molecular weight excluding hydrogens is 1080 g/mol. The van der Waals surface area contributed by atoms with Crippen molar-refractivity contribution in [2.75, 3.05) is 0 Å². The molecule has 0 saturated heterocycles. The van der Waals surface area contributed by atoms with Gasteiger partial charge in [0.05, 0.1) is 51.6 Å². The van der Waals surface area contributed by atoms with Gasteiger partial charge in [-0.15, -0.1) is 11.3 Å². The summed E-state index contributed by atoms with van der Waals surface area (Å²) in [6.45, 7) is 27.7. The first-order chi connectivity index (χ1) is 38.0. The number of hydrogen-bond acceptors (Lipinski definition) is 21. The maximum absolute atomic E-state index is 13.8. The van der Waals surface area contributed by atoms with Crippen molar-refractivity contribution < 1.29 is 71.4 Å². The predicted molar refractivity (Wildman–Crippen MR) is 282 cm³/mol. The molecule has 0 saturated carbocycles. The Morgan fingerprint density at radius 1 is 0.716 bits per heavy atom. The van der Waals surface area contributed by atoms with Crippen molar-refractivity contribution >= 4 is 87.5 Å². The number of pyridine rings is 1. The number of rotatable bonds is 7. The van der Waals surface area contributed by atoms with E-state index in [-0.39, 0.29) is 68.0 Å². The third kappa shape index (κ3) is 14.0. The highest BCUT2D eigenvalue weighted by Gasteiger charge is 2.37. The van der Waals surface area contributed by atoms with Crippen molar-refractivity contribution in [3.63, 3.8) is 0 Å². The Morgan fingerprint density at radius 3 is 1.99 bits per heavy atom. The Kier molecular flexibility index (Phi) is 17.8. The van der Waals surface area contributed by atoms with Gasteiger partial charge in [0.15, 0.2) is 11.4 Å². The largest absolute Gasteiger partial charge is 0.443 e. The molecule has 5 aromatic heterocycles. The number of hydrogen-bond donors (Lipinski definition) is 12. The molecule has 13 N–H and O–H groups in total. The lowest BCUT2D eigenvalue weighted by molar-refractivity contribution is -0.132. The molecule has 0 fully saturated rings. The number of nitrogens with zero attached hydrogens (tertiary/aromatic N) is 5. The van der Waals surface area contributed by atoms with Gasteiger partial charge in [-0.1, -0.05) is 45.5 Å². The van der Waals surface area contributed by atoms with Gasteiger partial charge in [-0.3, -0.25) is 47.9 Å². The first-order valence-electron chi connectivity index (χ1n) is 23.1. The van der Waals surface area contributed by atoms with Crippen LogP contribution in [0.2, 0.25) is 0 Å². The number of nitrogens with one attached hydrogen (secondary N) is 9. The number of aliphatic hydroxyl groups excluding tert-OH is 1. The van der Waals surface area contributed by atoms with Gasteiger partial charge < -0.3 is 77.0 Å². The fourth-order valence-corrected chi connectivity index (χ4v) is 7.48. The standard InChI is InChI=1S/C50H49N15O15S/c1-12-27-48-61-30(16-79-48)41(72)54-21(5)39(70)65-35(50(10,11)77)45(76)57-23(7)47-64-33(25(9)80-47)44(75)55-20(4)38(69)56-22(6)46-60-29(15-78-46)34-26(49-62-31(17-81-49)42(73)63-32(24(8)66)43(74)59-27)13-14-28(58-34)40(71)53-19(3)37(68)52-18(2)36(51)67/h12-17,24,32,35,66,77H,2-7H2,1,8-11H3,(H2,51,67)(H,52,68)(H,53,71)(H,54,72)(H,55,75)(H,56,69)(H,57,76)(H,59,74)(H,63,73)(H,65,70)/b27-12-/t24-,32+,35?/m1/s1. The normalized spacial score (nSPS) is 17.3. The molecule has 0 aromatic carbocycles. The Balaban J connectivity index is 1.36. The highest BCUT2D eigenvalue weighted by Crippen LogP contribution is 2.33. The molecule has 1 aliphatic heterocycles. The summed E-state index contributed by atoms with van der Waals surface area (Å²) in [5.41, 5.74) is -1.59. The van der Waals surface area contributed by atoms with Crippen LogP contribution in [0.3, 0.4) is 0 Å². The average Bonchev–Trinajstić information content (AvgIpc) is 4.26. The van der Waals surface area contributed by atoms with Gasteiger partial charge in [0, 0.05) is 10.9 Å². The third-order valence-electron chi connectivity index (χ3n) is 10.9. The summed E-state index contributed by atoms with van der Waals surface area (Å²) in [5.74, 6) is -11.7. The summed E-state index contributed by atoms with van der Waals surface area (Å²) in [4.78, 5) is 153. The van der Waals surface area contributed by atoms with Crippen molar-refractivity contribution in [1.82, 2.24) is 72.8 Å². The number of aryl methyl sites for hydroxylation is 1. The van der Waals surface area contributed by atoms with Gasteiger partial charge in [0.25, 0.3) is 47.3 Å². The Labute approximate surface area is 460 Å². The lowest BCUT2D eigenvalue weighted by atomic mass is 9.97. The number of aromatic nitrogens is 5. The van der Waals surface area contributed by atoms with E-state index < -0.39 is 123 Å². The van der Waals surface area contributed by atoms with E-state index in [0.29, 0.717) is 0 Å². The van der Waals surface area contributed by atoms with Gasteiger partial charge in [-0.2, -0.15) is 0 Å². The second-order valence-electron chi connectivity index (χ2n) is 17.6. The number of allylic oxidation sites excluding steroid dienone is 1. The monoisotopic (exact) mass is 1130 g/mol. The molecule has 0 radical (unpaired) electrons. The van der Waals surface area contributed by atoms with E-state index in [1.54, 1.807) is 0 Å². The minimum absolute atomic E-state index is 0.0591. The molecule has 0 spiro atoms. The number of thiazole rings is 1. The number of nitrogens with two attached hydrogens (primary N) is 1. The van der Waals surface area contributed by atoms with Crippen molar-refractivity contribution in [1.29, 1.82) is 0 Å². The van der Waals surface area contributed by atoms with Gasteiger partial charge in [-0.25, -0.2) is 24.9 Å². The molecule has 31 heteroatoms. The van der Waals surface area contributed by atoms with E-state index in [4.69, 9.17) is 19.0 Å². The SMILES string of the molecule is C=C(NC(=O)C(=C)NC(=O)c1ccc2c(n1)-c1coc(n1)C(=C)NC(=O)C(=C)NC(=O)c1nc(oc1C)C(=C)NC(=O)C(C(C)(C)O)NC(=O)C(=C)NC(=O)c1coc(n1)/C(=C/C)NC(=O)[C@H]([C@@H](C)O)NC(=O)c1csc-2n1)C(N)=O. The van der Waals surface area contributed by atoms with E-state index in [2.05, 4.69) is 112 Å². The summed E-state index contributed by atoms with van der Waals surface area (Å²) in [6.07, 6.45) is 1.68. The Morgan fingerprint density at radius 2 is 1.33 bits per heavy atom. The molecular formula is C50H49N15O15S. The zero-order valence-electron chi connectivity index (χ0n) is 43.4. The van der Waals surface area contributed by atoms with Crippen LogP contribution in [0.4, 0.5) is 0 Å². The topological polar surface area (TPSA) is 449 Å². The summed E-state index contributed by atoms with van der Waals surface area (Å²) in [6, 6.07) is -0.900. The van der Waals surface area contributed by atoms with Crippen LogP contribution in [0.5, 0.6) is 0 Å². The van der Waals surface area contributed by atoms with Gasteiger partial charge in [0.1, 0.15) is 58.2 Å². The molecule has 10 amide bonds. The van der Waals surface area contributed by atoms with Crippen LogP contribution in [-0.4, -0.2) is 118 Å². The van der Waals surface area contributed by atoms with E-state index in [0.717, 1.165) is 23.9 Å². The van der Waals surface area contributed by atoms with E-state index in [1.807, 2.05) is 0 Å². The quantitative estimate of drug-likeness (QED) is 0.0938. The highest BCUT2D eigenvalue weighted by molar-refractivity contribution is 7.13. The molecule has 30 nitrogen and oxygen atoms in total. The molecule has 3 atom stereocenters. The minimum Gasteiger partial charge on any atom is -0.443 e. The summed E-state index contributed by atoms with van der Waals surface area (Å²) >= 11 is 0.882. The summed E-state index contributed by atoms with van der Waals surface area (Å²) in [7, 11) is 0. The summed E-state index contributed by atoms with van der Waals surface area (Å²) < 4.78 is 16.6. The zero-order valence-corrected chi connectivity index (χ0v) is 44.2. The predicted octanol–water partition coefficient (Wildman–Crippen LogP) is -0.210. The van der Waals surface area contributed by atoms with Gasteiger partial charge in [-0.05, 0) is 46.8 Å². The number of amides is 10. The second kappa shape index (κ2) is 24.3. The molecule has 6 rings (SSSR count). The van der Waals surface area contributed by atoms with Crippen LogP contribution in [0.1, 0.15) is 93.1 Å². The number of oxazole rings is 3. The lowest BCUT2D eigenvalue weighted by Gasteiger charge is -2.29. The van der Waals surface area contributed by atoms with Crippen LogP contribution >= 0.6 is 11.3 Å². The molecule has 6 heterocycles. The minimum atomic E-state index is -1.99. The van der Waals surface area contributed by atoms with Crippen molar-refractivity contribution in [3.8, 4) is 22.0 Å². The lowest BCUT2D eigenvalue weighted by Crippen LogP contribution is -2.58. The first-order valence-corrected chi connectivity index (χ1v) is 24.0. The fourth-order valence-electron chi connectivity index (χ4n) is 6.66.